The van der Waals surface area contributed by atoms with E-state index in [4.69, 9.17) is 18.9 Å². The van der Waals surface area contributed by atoms with E-state index in [1.165, 1.54) is 19.3 Å². The molecule has 0 N–H and O–H groups in total. The number of rotatable bonds is 8. The van der Waals surface area contributed by atoms with Crippen LogP contribution in [0, 0.1) is 17.8 Å². The highest BCUT2D eigenvalue weighted by atomic mass is 16.7. The Morgan fingerprint density at radius 2 is 1.49 bits per heavy atom. The van der Waals surface area contributed by atoms with Gasteiger partial charge in [0.05, 0.1) is 17.8 Å². The van der Waals surface area contributed by atoms with Crippen molar-refractivity contribution in [2.75, 3.05) is 6.61 Å². The van der Waals surface area contributed by atoms with Gasteiger partial charge in [-0.2, -0.15) is 0 Å². The Hall–Kier alpha value is -2.47. The molecule has 4 fully saturated rings. The fraction of sp³-hybridized carbons (Fsp3) is 0.500. The maximum absolute atomic E-state index is 12.6. The summed E-state index contributed by atoms with van der Waals surface area (Å²) in [4.78, 5) is 12.6. The monoisotopic (exact) mass is 474 g/mol. The molecule has 0 amide bonds. The quantitative estimate of drug-likeness (QED) is 0.363. The summed E-state index contributed by atoms with van der Waals surface area (Å²) in [6, 6.07) is 19.1. The molecule has 4 bridgehead atoms. The highest BCUT2D eigenvalue weighted by Gasteiger charge is 2.53. The number of hydrogen-bond donors (Lipinski definition) is 0. The molecule has 4 saturated carbocycles. The number of esters is 1. The molecule has 0 radical (unpaired) electrons. The molecule has 1 aliphatic heterocycles. The van der Waals surface area contributed by atoms with Gasteiger partial charge in [0, 0.05) is 0 Å². The number of carbonyl (C=O) groups is 1. The molecule has 184 valence electrons. The Morgan fingerprint density at radius 3 is 2.14 bits per heavy atom. The van der Waals surface area contributed by atoms with Gasteiger partial charge in [-0.15, -0.1) is 0 Å². The average molecular weight is 475 g/mol. The van der Waals surface area contributed by atoms with Crippen molar-refractivity contribution < 1.29 is 23.7 Å². The maximum atomic E-state index is 12.6. The fourth-order valence-corrected chi connectivity index (χ4v) is 6.99. The molecular formula is C30H34O5. The maximum Gasteiger partial charge on any atom is 0.338 e. The van der Waals surface area contributed by atoms with Crippen LogP contribution in [-0.2, 0) is 25.6 Å². The SMILES string of the molecule is O=C(OC[C@H]1OC(OC23CC4CC(CC(C4)C2)C3)C=C[C@@H]1OCc1ccccc1)c1ccccc1. The lowest BCUT2D eigenvalue weighted by atomic mass is 9.54. The van der Waals surface area contributed by atoms with Crippen molar-refractivity contribution >= 4 is 5.97 Å². The van der Waals surface area contributed by atoms with E-state index >= 15 is 0 Å². The molecule has 4 aliphatic carbocycles. The van der Waals surface area contributed by atoms with Gasteiger partial charge in [0.1, 0.15) is 18.8 Å². The van der Waals surface area contributed by atoms with Crippen LogP contribution in [0.25, 0.3) is 0 Å². The summed E-state index contributed by atoms with van der Waals surface area (Å²) in [5.74, 6) is 2.05. The topological polar surface area (TPSA) is 54.0 Å². The zero-order chi connectivity index (χ0) is 23.7. The normalized spacial score (nSPS) is 35.2. The van der Waals surface area contributed by atoms with Gasteiger partial charge >= 0.3 is 5.97 Å². The van der Waals surface area contributed by atoms with Gasteiger partial charge in [0.2, 0.25) is 0 Å². The third-order valence-electron chi connectivity index (χ3n) is 8.15. The van der Waals surface area contributed by atoms with E-state index in [9.17, 15) is 4.79 Å². The number of carbonyl (C=O) groups excluding carboxylic acids is 1. The highest BCUT2D eigenvalue weighted by Crippen LogP contribution is 2.57. The summed E-state index contributed by atoms with van der Waals surface area (Å²) in [6.45, 7) is 0.571. The number of hydrogen-bond acceptors (Lipinski definition) is 5. The van der Waals surface area contributed by atoms with Crippen LogP contribution in [0.15, 0.2) is 72.8 Å². The van der Waals surface area contributed by atoms with Gasteiger partial charge in [-0.05, 0) is 80.1 Å². The first-order valence-corrected chi connectivity index (χ1v) is 13.0. The van der Waals surface area contributed by atoms with Crippen LogP contribution in [0.3, 0.4) is 0 Å². The van der Waals surface area contributed by atoms with E-state index < -0.39 is 12.4 Å². The summed E-state index contributed by atoms with van der Waals surface area (Å²) < 4.78 is 25.0. The summed E-state index contributed by atoms with van der Waals surface area (Å²) >= 11 is 0. The molecule has 0 spiro atoms. The second-order valence-corrected chi connectivity index (χ2v) is 10.9. The van der Waals surface area contributed by atoms with E-state index in [-0.39, 0.29) is 24.3 Å². The lowest BCUT2D eigenvalue weighted by Gasteiger charge is -2.57. The molecule has 35 heavy (non-hydrogen) atoms. The van der Waals surface area contributed by atoms with Crippen LogP contribution >= 0.6 is 0 Å². The van der Waals surface area contributed by atoms with Crippen LogP contribution in [0.5, 0.6) is 0 Å². The average Bonchev–Trinajstić information content (AvgIpc) is 2.87. The van der Waals surface area contributed by atoms with Crippen molar-refractivity contribution in [3.05, 3.63) is 83.9 Å². The van der Waals surface area contributed by atoms with Crippen LogP contribution in [0.1, 0.15) is 54.4 Å². The van der Waals surface area contributed by atoms with E-state index in [1.54, 1.807) is 12.1 Å². The molecule has 2 aromatic rings. The molecule has 1 heterocycles. The minimum Gasteiger partial charge on any atom is -0.459 e. The third kappa shape index (κ3) is 5.23. The van der Waals surface area contributed by atoms with Crippen LogP contribution < -0.4 is 0 Å². The standard InChI is InChI=1S/C30H34O5/c31-29(25-9-5-2-6-10-25)33-20-27-26(32-19-21-7-3-1-4-8-21)11-12-28(34-27)35-30-16-22-13-23(17-30)15-24(14-22)18-30/h1-12,22-24,26-28H,13-20H2/t22?,23?,24?,26-,27+,28?,30?/m0/s1. The van der Waals surface area contributed by atoms with E-state index in [0.29, 0.717) is 12.2 Å². The van der Waals surface area contributed by atoms with Gasteiger partial charge in [-0.3, -0.25) is 0 Å². The minimum absolute atomic E-state index is 0.0627. The van der Waals surface area contributed by atoms with Crippen molar-refractivity contribution in [1.82, 2.24) is 0 Å². The van der Waals surface area contributed by atoms with Crippen molar-refractivity contribution in [2.45, 2.75) is 69.2 Å². The Bertz CT molecular complexity index is 998. The lowest BCUT2D eigenvalue weighted by Crippen LogP contribution is -2.54. The molecule has 5 aliphatic rings. The fourth-order valence-electron chi connectivity index (χ4n) is 6.99. The zero-order valence-corrected chi connectivity index (χ0v) is 20.1. The molecule has 2 aromatic carbocycles. The first-order valence-electron chi connectivity index (χ1n) is 13.0. The summed E-state index contributed by atoms with van der Waals surface area (Å²) in [5, 5.41) is 0. The van der Waals surface area contributed by atoms with Gasteiger partial charge in [-0.1, -0.05) is 54.6 Å². The first kappa shape index (κ1) is 23.0. The minimum atomic E-state index is -0.441. The zero-order valence-electron chi connectivity index (χ0n) is 20.1. The van der Waals surface area contributed by atoms with E-state index in [2.05, 4.69) is 0 Å². The van der Waals surface area contributed by atoms with Gasteiger partial charge in [0.25, 0.3) is 0 Å². The second-order valence-electron chi connectivity index (χ2n) is 10.9. The van der Waals surface area contributed by atoms with Crippen molar-refractivity contribution in [1.29, 1.82) is 0 Å². The Morgan fingerprint density at radius 1 is 0.857 bits per heavy atom. The van der Waals surface area contributed by atoms with Crippen molar-refractivity contribution in [3.63, 3.8) is 0 Å². The van der Waals surface area contributed by atoms with Crippen molar-refractivity contribution in [2.24, 2.45) is 17.8 Å². The highest BCUT2D eigenvalue weighted by molar-refractivity contribution is 5.89. The predicted octanol–water partition coefficient (Wildman–Crippen LogP) is 5.70. The Kier molecular flexibility index (Phi) is 6.48. The Balaban J connectivity index is 1.13. The molecule has 7 rings (SSSR count). The van der Waals surface area contributed by atoms with E-state index in [0.717, 1.165) is 42.6 Å². The van der Waals surface area contributed by atoms with Gasteiger partial charge < -0.3 is 18.9 Å². The van der Waals surface area contributed by atoms with Crippen LogP contribution in [0.2, 0.25) is 0 Å². The molecular weight excluding hydrogens is 440 g/mol. The van der Waals surface area contributed by atoms with Gasteiger partial charge in [-0.25, -0.2) is 4.79 Å². The summed E-state index contributed by atoms with van der Waals surface area (Å²) in [6.07, 6.45) is 10.4. The predicted molar refractivity (Wildman–Crippen MR) is 132 cm³/mol. The molecule has 5 heteroatoms. The van der Waals surface area contributed by atoms with Crippen LogP contribution in [0.4, 0.5) is 0 Å². The number of ether oxygens (including phenoxy) is 4. The largest absolute Gasteiger partial charge is 0.459 e. The molecule has 3 atom stereocenters. The van der Waals surface area contributed by atoms with E-state index in [1.807, 2.05) is 60.7 Å². The smallest absolute Gasteiger partial charge is 0.338 e. The number of benzene rings is 2. The second kappa shape index (κ2) is 9.88. The third-order valence-corrected chi connectivity index (χ3v) is 8.15. The Labute approximate surface area is 207 Å². The summed E-state index contributed by atoms with van der Waals surface area (Å²) in [7, 11) is 0. The molecule has 0 aromatic heterocycles. The lowest BCUT2D eigenvalue weighted by molar-refractivity contribution is -0.265. The molecule has 1 unspecified atom stereocenters. The van der Waals surface area contributed by atoms with Gasteiger partial charge in [0.15, 0.2) is 6.29 Å². The van der Waals surface area contributed by atoms with Crippen LogP contribution in [-0.4, -0.2) is 36.7 Å². The van der Waals surface area contributed by atoms with Crippen molar-refractivity contribution in [3.8, 4) is 0 Å². The molecule has 0 saturated heterocycles. The summed E-state index contributed by atoms with van der Waals surface area (Å²) in [5.41, 5.74) is 1.56. The first-order chi connectivity index (χ1) is 17.1. The molecule has 5 nitrogen and oxygen atoms in total.